The molecule has 28 heavy (non-hydrogen) atoms. The summed E-state index contributed by atoms with van der Waals surface area (Å²) in [6.07, 6.45) is 6.16. The summed E-state index contributed by atoms with van der Waals surface area (Å²) in [7, 11) is 0. The highest BCUT2D eigenvalue weighted by Gasteiger charge is 2.24. The summed E-state index contributed by atoms with van der Waals surface area (Å²) in [4.78, 5) is 28.1. The Bertz CT molecular complexity index is 1020. The van der Waals surface area contributed by atoms with Crippen LogP contribution in [0.4, 0.5) is 0 Å². The minimum Gasteiger partial charge on any atom is -0.365 e. The molecule has 0 spiro atoms. The molecule has 1 atom stereocenters. The van der Waals surface area contributed by atoms with Gasteiger partial charge >= 0.3 is 0 Å². The van der Waals surface area contributed by atoms with Gasteiger partial charge in [-0.1, -0.05) is 0 Å². The van der Waals surface area contributed by atoms with E-state index in [0.29, 0.717) is 24.1 Å². The van der Waals surface area contributed by atoms with Crippen molar-refractivity contribution in [3.8, 4) is 5.69 Å². The molecule has 3 N–H and O–H groups in total. The maximum Gasteiger partial charge on any atom is 0.252 e. The molecule has 0 aliphatic carbocycles. The van der Waals surface area contributed by atoms with Crippen LogP contribution in [0.25, 0.3) is 5.69 Å². The van der Waals surface area contributed by atoms with Gasteiger partial charge in [0.25, 0.3) is 11.8 Å². The van der Waals surface area contributed by atoms with E-state index in [-0.39, 0.29) is 11.8 Å². The lowest BCUT2D eigenvalue weighted by Gasteiger charge is -2.24. The zero-order valence-corrected chi connectivity index (χ0v) is 15.5. The molecule has 1 aliphatic rings. The van der Waals surface area contributed by atoms with Gasteiger partial charge in [-0.25, -0.2) is 9.67 Å². The Kier molecular flexibility index (Phi) is 4.64. The largest absolute Gasteiger partial charge is 0.365 e. The molecule has 1 aliphatic heterocycles. The quantitative estimate of drug-likeness (QED) is 0.681. The van der Waals surface area contributed by atoms with Crippen molar-refractivity contribution in [3.05, 3.63) is 59.4 Å². The number of nitrogens with zero attached hydrogens (tertiary/aromatic N) is 5. The fourth-order valence-corrected chi connectivity index (χ4v) is 3.60. The third kappa shape index (κ3) is 3.38. The number of fused-ring (bicyclic) bond motifs is 1. The predicted molar refractivity (Wildman–Crippen MR) is 101 cm³/mol. The number of carbonyl (C=O) groups is 2. The first-order valence-corrected chi connectivity index (χ1v) is 9.11. The highest BCUT2D eigenvalue weighted by Crippen LogP contribution is 2.22. The first-order valence-electron chi connectivity index (χ1n) is 9.11. The van der Waals surface area contributed by atoms with Crippen molar-refractivity contribution in [2.45, 2.75) is 26.3 Å². The van der Waals surface area contributed by atoms with Gasteiger partial charge in [-0.05, 0) is 49.4 Å². The van der Waals surface area contributed by atoms with Gasteiger partial charge in [0.2, 0.25) is 0 Å². The van der Waals surface area contributed by atoms with Crippen molar-refractivity contribution in [1.82, 2.24) is 29.9 Å². The smallest absolute Gasteiger partial charge is 0.252 e. The molecule has 1 aromatic carbocycles. The van der Waals surface area contributed by atoms with Crippen LogP contribution in [0, 0.1) is 12.8 Å². The molecule has 4 rings (SSSR count). The van der Waals surface area contributed by atoms with Gasteiger partial charge in [0, 0.05) is 18.7 Å². The Labute approximate surface area is 161 Å². The van der Waals surface area contributed by atoms with Gasteiger partial charge in [-0.3, -0.25) is 14.3 Å². The Morgan fingerprint density at radius 1 is 1.29 bits per heavy atom. The number of primary amides is 1. The lowest BCUT2D eigenvalue weighted by molar-refractivity contribution is 0.0941. The van der Waals surface area contributed by atoms with E-state index < -0.39 is 5.91 Å². The second kappa shape index (κ2) is 7.26. The summed E-state index contributed by atoms with van der Waals surface area (Å²) in [5, 5.41) is 11.3. The molecule has 9 nitrogen and oxygen atoms in total. The molecule has 0 unspecified atom stereocenters. The first-order chi connectivity index (χ1) is 13.5. The summed E-state index contributed by atoms with van der Waals surface area (Å²) < 4.78 is 3.47. The van der Waals surface area contributed by atoms with Crippen molar-refractivity contribution in [2.75, 3.05) is 6.54 Å². The second-order valence-electron chi connectivity index (χ2n) is 7.00. The number of amides is 2. The Morgan fingerprint density at radius 2 is 2.14 bits per heavy atom. The van der Waals surface area contributed by atoms with E-state index in [2.05, 4.69) is 20.5 Å². The summed E-state index contributed by atoms with van der Waals surface area (Å²) in [6.45, 7) is 3.15. The third-order valence-electron chi connectivity index (χ3n) is 5.13. The highest BCUT2D eigenvalue weighted by molar-refractivity contribution is 5.96. The van der Waals surface area contributed by atoms with E-state index in [1.54, 1.807) is 17.1 Å². The first kappa shape index (κ1) is 17.9. The van der Waals surface area contributed by atoms with Crippen LogP contribution in [0.1, 0.15) is 38.4 Å². The SMILES string of the molecule is Cc1cc(-n2cncn2)ccc1C(=O)NC[C@H]1CCn2ncc(C(N)=O)c2C1. The number of hydrogen-bond acceptors (Lipinski definition) is 5. The lowest BCUT2D eigenvalue weighted by atomic mass is 9.94. The standard InChI is InChI=1S/C19H21N7O2/c1-12-6-14(26-11-21-10-24-26)2-3-15(12)19(28)22-8-13-4-5-25-17(7-13)16(9-23-25)18(20)27/h2-3,6,9-11,13H,4-5,7-8H2,1H3,(H2,20,27)(H,22,28)/t13-/m0/s1. The van der Waals surface area contributed by atoms with Crippen molar-refractivity contribution >= 4 is 11.8 Å². The monoisotopic (exact) mass is 379 g/mol. The van der Waals surface area contributed by atoms with E-state index in [1.807, 2.05) is 23.7 Å². The van der Waals surface area contributed by atoms with Crippen molar-refractivity contribution in [2.24, 2.45) is 11.7 Å². The normalized spacial score (nSPS) is 15.8. The summed E-state index contributed by atoms with van der Waals surface area (Å²) in [5.41, 5.74) is 9.08. The van der Waals surface area contributed by atoms with Gasteiger partial charge < -0.3 is 11.1 Å². The van der Waals surface area contributed by atoms with Gasteiger partial charge in [0.1, 0.15) is 12.7 Å². The second-order valence-corrected chi connectivity index (χ2v) is 7.00. The van der Waals surface area contributed by atoms with Crippen LogP contribution in [0.2, 0.25) is 0 Å². The Balaban J connectivity index is 1.41. The average molecular weight is 379 g/mol. The zero-order chi connectivity index (χ0) is 19.7. The van der Waals surface area contributed by atoms with Crippen LogP contribution in [0.15, 0.2) is 37.1 Å². The van der Waals surface area contributed by atoms with Crippen LogP contribution in [-0.2, 0) is 13.0 Å². The number of carbonyl (C=O) groups excluding carboxylic acids is 2. The van der Waals surface area contributed by atoms with Crippen LogP contribution in [-0.4, -0.2) is 42.9 Å². The van der Waals surface area contributed by atoms with Crippen LogP contribution in [0.3, 0.4) is 0 Å². The van der Waals surface area contributed by atoms with Crippen molar-refractivity contribution in [3.63, 3.8) is 0 Å². The minimum absolute atomic E-state index is 0.114. The molecule has 9 heteroatoms. The molecule has 0 saturated heterocycles. The Hall–Kier alpha value is -3.49. The number of nitrogens with two attached hydrogens (primary N) is 1. The number of nitrogens with one attached hydrogen (secondary N) is 1. The summed E-state index contributed by atoms with van der Waals surface area (Å²) in [5.74, 6) is -0.341. The number of rotatable bonds is 5. The van der Waals surface area contributed by atoms with Gasteiger partial charge in [-0.2, -0.15) is 10.2 Å². The maximum absolute atomic E-state index is 12.6. The van der Waals surface area contributed by atoms with Crippen molar-refractivity contribution < 1.29 is 9.59 Å². The van der Waals surface area contributed by atoms with Gasteiger partial charge in [0.15, 0.2) is 0 Å². The van der Waals surface area contributed by atoms with Crippen LogP contribution >= 0.6 is 0 Å². The molecule has 0 saturated carbocycles. The van der Waals surface area contributed by atoms with Crippen LogP contribution in [0.5, 0.6) is 0 Å². The fraction of sp³-hybridized carbons (Fsp3) is 0.316. The van der Waals surface area contributed by atoms with Gasteiger partial charge in [0.05, 0.1) is 23.1 Å². The molecule has 3 aromatic rings. The molecule has 2 aromatic heterocycles. The van der Waals surface area contributed by atoms with E-state index >= 15 is 0 Å². The highest BCUT2D eigenvalue weighted by atomic mass is 16.2. The minimum atomic E-state index is -0.464. The number of aromatic nitrogens is 5. The molecular formula is C19H21N7O2. The topological polar surface area (TPSA) is 121 Å². The van der Waals surface area contributed by atoms with E-state index in [4.69, 9.17) is 5.73 Å². The predicted octanol–water partition coefficient (Wildman–Crippen LogP) is 0.864. The fourth-order valence-electron chi connectivity index (χ4n) is 3.60. The van der Waals surface area contributed by atoms with Crippen molar-refractivity contribution in [1.29, 1.82) is 0 Å². The number of benzene rings is 1. The molecule has 144 valence electrons. The Morgan fingerprint density at radius 3 is 2.86 bits per heavy atom. The van der Waals surface area contributed by atoms with Gasteiger partial charge in [-0.15, -0.1) is 0 Å². The summed E-state index contributed by atoms with van der Waals surface area (Å²) in [6, 6.07) is 5.54. The molecular weight excluding hydrogens is 358 g/mol. The molecule has 0 radical (unpaired) electrons. The molecule has 0 bridgehead atoms. The average Bonchev–Trinajstić information content (AvgIpc) is 3.35. The molecule has 3 heterocycles. The van der Waals surface area contributed by atoms with E-state index in [9.17, 15) is 9.59 Å². The number of aryl methyl sites for hydroxylation is 2. The summed E-state index contributed by atoms with van der Waals surface area (Å²) >= 11 is 0. The number of hydrogen-bond donors (Lipinski definition) is 2. The third-order valence-corrected chi connectivity index (χ3v) is 5.13. The zero-order valence-electron chi connectivity index (χ0n) is 15.5. The molecule has 0 fully saturated rings. The maximum atomic E-state index is 12.6. The lowest BCUT2D eigenvalue weighted by Crippen LogP contribution is -2.34. The van der Waals surface area contributed by atoms with E-state index in [1.165, 1.54) is 12.5 Å². The van der Waals surface area contributed by atoms with Crippen LogP contribution < -0.4 is 11.1 Å². The molecule has 2 amide bonds. The van der Waals surface area contributed by atoms with E-state index in [0.717, 1.165) is 29.9 Å².